The summed E-state index contributed by atoms with van der Waals surface area (Å²) in [5, 5.41) is 13.1. The first kappa shape index (κ1) is 17.2. The normalized spacial score (nSPS) is 31.7. The Morgan fingerprint density at radius 1 is 1.38 bits per heavy atom. The highest BCUT2D eigenvalue weighted by molar-refractivity contribution is 4.89. The molecular weight excluding hydrogens is 264 g/mol. The van der Waals surface area contributed by atoms with E-state index in [1.54, 1.807) is 0 Å². The smallest absolute Gasteiger partial charge is 0.0546 e. The van der Waals surface area contributed by atoms with Gasteiger partial charge in [-0.25, -0.2) is 0 Å². The van der Waals surface area contributed by atoms with Gasteiger partial charge in [0.05, 0.1) is 6.61 Å². The molecule has 0 aromatic heterocycles. The molecule has 0 spiro atoms. The second-order valence-electron chi connectivity index (χ2n) is 7.61. The Labute approximate surface area is 130 Å². The largest absolute Gasteiger partial charge is 0.396 e. The van der Waals surface area contributed by atoms with E-state index in [0.717, 1.165) is 39.4 Å². The Balaban J connectivity index is 1.88. The molecule has 2 N–H and O–H groups in total. The van der Waals surface area contributed by atoms with Crippen molar-refractivity contribution in [1.29, 1.82) is 0 Å². The highest BCUT2D eigenvalue weighted by atomic mass is 16.5. The quantitative estimate of drug-likeness (QED) is 0.751. The molecule has 0 aromatic carbocycles. The Hall–Kier alpha value is -0.160. The summed E-state index contributed by atoms with van der Waals surface area (Å²) in [6.45, 7) is 12.2. The van der Waals surface area contributed by atoms with Gasteiger partial charge < -0.3 is 20.1 Å². The molecule has 2 rings (SSSR count). The topological polar surface area (TPSA) is 44.7 Å². The maximum atomic E-state index is 9.42. The number of hydrogen-bond acceptors (Lipinski definition) is 4. The van der Waals surface area contributed by atoms with Crippen LogP contribution in [0.2, 0.25) is 0 Å². The minimum Gasteiger partial charge on any atom is -0.396 e. The van der Waals surface area contributed by atoms with Gasteiger partial charge in [0.25, 0.3) is 0 Å². The molecule has 0 bridgehead atoms. The number of nitrogens with one attached hydrogen (secondary N) is 1. The molecule has 2 atom stereocenters. The van der Waals surface area contributed by atoms with Crippen molar-refractivity contribution >= 4 is 0 Å². The number of aliphatic hydroxyl groups excluding tert-OH is 1. The highest BCUT2D eigenvalue weighted by Gasteiger charge is 2.35. The molecule has 0 aliphatic carbocycles. The molecule has 2 saturated heterocycles. The zero-order valence-corrected chi connectivity index (χ0v) is 13.9. The van der Waals surface area contributed by atoms with Crippen molar-refractivity contribution < 1.29 is 9.84 Å². The molecule has 2 unspecified atom stereocenters. The van der Waals surface area contributed by atoms with Gasteiger partial charge in [0.2, 0.25) is 0 Å². The van der Waals surface area contributed by atoms with Crippen molar-refractivity contribution in [3.63, 3.8) is 0 Å². The van der Waals surface area contributed by atoms with Crippen LogP contribution in [0.5, 0.6) is 0 Å². The number of likely N-dealkylation sites (tertiary alicyclic amines) is 1. The van der Waals surface area contributed by atoms with Crippen LogP contribution in [0.25, 0.3) is 0 Å². The summed E-state index contributed by atoms with van der Waals surface area (Å²) in [5.74, 6) is 1.17. The van der Waals surface area contributed by atoms with Crippen LogP contribution < -0.4 is 5.32 Å². The van der Waals surface area contributed by atoms with Crippen molar-refractivity contribution in [3.05, 3.63) is 0 Å². The van der Waals surface area contributed by atoms with Crippen molar-refractivity contribution in [2.75, 3.05) is 52.5 Å². The van der Waals surface area contributed by atoms with Crippen LogP contribution >= 0.6 is 0 Å². The van der Waals surface area contributed by atoms with E-state index in [9.17, 15) is 5.11 Å². The summed E-state index contributed by atoms with van der Waals surface area (Å²) < 4.78 is 5.82. The van der Waals surface area contributed by atoms with Gasteiger partial charge in [-0.3, -0.25) is 0 Å². The molecule has 0 saturated carbocycles. The fourth-order valence-electron chi connectivity index (χ4n) is 3.77. The Bertz CT molecular complexity index is 291. The molecular formula is C17H34N2O2. The number of nitrogens with zero attached hydrogens (tertiary/aromatic N) is 1. The molecule has 0 aromatic rings. The average molecular weight is 298 g/mol. The second-order valence-corrected chi connectivity index (χ2v) is 7.61. The van der Waals surface area contributed by atoms with Crippen LogP contribution in [0.3, 0.4) is 0 Å². The zero-order valence-electron chi connectivity index (χ0n) is 13.9. The minimum atomic E-state index is 0.268. The van der Waals surface area contributed by atoms with E-state index in [2.05, 4.69) is 24.1 Å². The lowest BCUT2D eigenvalue weighted by atomic mass is 9.81. The van der Waals surface area contributed by atoms with Crippen LogP contribution in [0.4, 0.5) is 0 Å². The van der Waals surface area contributed by atoms with Crippen LogP contribution in [0.1, 0.15) is 39.5 Å². The molecule has 4 nitrogen and oxygen atoms in total. The fourth-order valence-corrected chi connectivity index (χ4v) is 3.77. The minimum absolute atomic E-state index is 0.268. The zero-order chi connectivity index (χ0) is 15.1. The molecule has 21 heavy (non-hydrogen) atoms. The summed E-state index contributed by atoms with van der Waals surface area (Å²) in [4.78, 5) is 2.57. The molecule has 2 aliphatic rings. The third-order valence-electron chi connectivity index (χ3n) is 4.88. The van der Waals surface area contributed by atoms with Crippen LogP contribution in [-0.4, -0.2) is 62.6 Å². The first-order chi connectivity index (χ1) is 10.1. The monoisotopic (exact) mass is 298 g/mol. The predicted octanol–water partition coefficient (Wildman–Crippen LogP) is 1.73. The summed E-state index contributed by atoms with van der Waals surface area (Å²) in [5.41, 5.74) is 0.268. The van der Waals surface area contributed by atoms with E-state index in [0.29, 0.717) is 18.4 Å². The standard InChI is InChI=1S/C17H34N2O2/c1-15(2)9-18-12-17(6-4-8-21-14-17)13-19-7-3-5-16(10-19)11-20/h15-16,18,20H,3-14H2,1-2H3. The molecule has 124 valence electrons. The fraction of sp³-hybridized carbons (Fsp3) is 1.00. The molecule has 2 fully saturated rings. The molecule has 2 heterocycles. The van der Waals surface area contributed by atoms with E-state index in [-0.39, 0.29) is 5.41 Å². The van der Waals surface area contributed by atoms with E-state index >= 15 is 0 Å². The Kier molecular flexibility index (Phi) is 6.93. The number of hydrogen-bond donors (Lipinski definition) is 2. The van der Waals surface area contributed by atoms with Gasteiger partial charge in [-0.15, -0.1) is 0 Å². The predicted molar refractivity (Wildman–Crippen MR) is 86.4 cm³/mol. The summed E-state index contributed by atoms with van der Waals surface area (Å²) >= 11 is 0. The van der Waals surface area contributed by atoms with E-state index in [1.807, 2.05) is 0 Å². The van der Waals surface area contributed by atoms with Gasteiger partial charge in [-0.1, -0.05) is 13.8 Å². The Morgan fingerprint density at radius 3 is 2.90 bits per heavy atom. The molecule has 0 radical (unpaired) electrons. The first-order valence-corrected chi connectivity index (χ1v) is 8.75. The van der Waals surface area contributed by atoms with Crippen LogP contribution in [0, 0.1) is 17.3 Å². The van der Waals surface area contributed by atoms with Crippen molar-refractivity contribution in [3.8, 4) is 0 Å². The van der Waals surface area contributed by atoms with Gasteiger partial charge in [-0.2, -0.15) is 0 Å². The lowest BCUT2D eigenvalue weighted by molar-refractivity contribution is -0.0340. The third-order valence-corrected chi connectivity index (χ3v) is 4.88. The third kappa shape index (κ3) is 5.51. The van der Waals surface area contributed by atoms with E-state index < -0.39 is 0 Å². The summed E-state index contributed by atoms with van der Waals surface area (Å²) in [6.07, 6.45) is 4.85. The van der Waals surface area contributed by atoms with Crippen molar-refractivity contribution in [2.45, 2.75) is 39.5 Å². The van der Waals surface area contributed by atoms with Gasteiger partial charge in [0, 0.05) is 38.3 Å². The molecule has 0 amide bonds. The van der Waals surface area contributed by atoms with Gasteiger partial charge in [0.15, 0.2) is 0 Å². The van der Waals surface area contributed by atoms with Crippen molar-refractivity contribution in [2.24, 2.45) is 17.3 Å². The summed E-state index contributed by atoms with van der Waals surface area (Å²) in [6, 6.07) is 0. The molecule has 4 heteroatoms. The lowest BCUT2D eigenvalue weighted by Crippen LogP contribution is -2.51. The Morgan fingerprint density at radius 2 is 2.24 bits per heavy atom. The maximum Gasteiger partial charge on any atom is 0.0546 e. The number of aliphatic hydroxyl groups is 1. The van der Waals surface area contributed by atoms with Crippen molar-refractivity contribution in [1.82, 2.24) is 10.2 Å². The van der Waals surface area contributed by atoms with E-state index in [4.69, 9.17) is 4.74 Å². The van der Waals surface area contributed by atoms with Crippen LogP contribution in [-0.2, 0) is 4.74 Å². The van der Waals surface area contributed by atoms with Gasteiger partial charge in [0.1, 0.15) is 0 Å². The summed E-state index contributed by atoms with van der Waals surface area (Å²) in [7, 11) is 0. The number of rotatable bonds is 7. The van der Waals surface area contributed by atoms with Gasteiger partial charge >= 0.3 is 0 Å². The lowest BCUT2D eigenvalue weighted by Gasteiger charge is -2.43. The highest BCUT2D eigenvalue weighted by Crippen LogP contribution is 2.31. The maximum absolute atomic E-state index is 9.42. The number of piperidine rings is 1. The number of ether oxygens (including phenoxy) is 1. The van der Waals surface area contributed by atoms with Crippen LogP contribution in [0.15, 0.2) is 0 Å². The SMILES string of the molecule is CC(C)CNCC1(CN2CCCC(CO)C2)CCCOC1. The average Bonchev–Trinajstić information content (AvgIpc) is 2.48. The first-order valence-electron chi connectivity index (χ1n) is 8.75. The second kappa shape index (κ2) is 8.47. The van der Waals surface area contributed by atoms with Gasteiger partial charge in [-0.05, 0) is 50.6 Å². The van der Waals surface area contributed by atoms with E-state index in [1.165, 1.54) is 32.2 Å². The molecule has 2 aliphatic heterocycles.